The van der Waals surface area contributed by atoms with Crippen molar-refractivity contribution in [2.45, 2.75) is 48.5 Å². The molecule has 0 aliphatic rings. The summed E-state index contributed by atoms with van der Waals surface area (Å²) in [6.07, 6.45) is 0. The van der Waals surface area contributed by atoms with Crippen LogP contribution >= 0.6 is 0 Å². The fourth-order valence-corrected chi connectivity index (χ4v) is 2.88. The Labute approximate surface area is 113 Å². The topological polar surface area (TPSA) is 0 Å². The van der Waals surface area contributed by atoms with Gasteiger partial charge in [0.25, 0.3) is 0 Å². The van der Waals surface area contributed by atoms with Crippen LogP contribution in [-0.4, -0.2) is 0 Å². The zero-order chi connectivity index (χ0) is 13.9. The van der Waals surface area contributed by atoms with Crippen LogP contribution in [0.15, 0.2) is 35.9 Å². The van der Waals surface area contributed by atoms with Gasteiger partial charge < -0.3 is 0 Å². The summed E-state index contributed by atoms with van der Waals surface area (Å²) >= 11 is 0. The Morgan fingerprint density at radius 3 is 1.61 bits per heavy atom. The minimum Gasteiger partial charge on any atom is -0.0622 e. The highest BCUT2D eigenvalue weighted by molar-refractivity contribution is 5.73. The van der Waals surface area contributed by atoms with Gasteiger partial charge in [-0.05, 0) is 28.4 Å². The zero-order valence-electron chi connectivity index (χ0n) is 13.0. The Hall–Kier alpha value is -1.04. The van der Waals surface area contributed by atoms with Gasteiger partial charge in [-0.15, -0.1) is 0 Å². The van der Waals surface area contributed by atoms with Crippen LogP contribution < -0.4 is 0 Å². The maximum Gasteiger partial charge on any atom is -0.0126 e. The van der Waals surface area contributed by atoms with Crippen molar-refractivity contribution >= 4 is 5.57 Å². The van der Waals surface area contributed by atoms with Crippen molar-refractivity contribution in [2.75, 3.05) is 0 Å². The Kier molecular flexibility index (Phi) is 4.78. The maximum atomic E-state index is 2.32. The lowest BCUT2D eigenvalue weighted by atomic mass is 9.74. The van der Waals surface area contributed by atoms with Gasteiger partial charge in [0.2, 0.25) is 0 Å². The van der Waals surface area contributed by atoms with E-state index in [2.05, 4.69) is 78.8 Å². The van der Waals surface area contributed by atoms with Crippen LogP contribution in [0.5, 0.6) is 0 Å². The summed E-state index contributed by atoms with van der Waals surface area (Å²) in [6, 6.07) is 10.9. The molecule has 100 valence electrons. The first-order chi connectivity index (χ1) is 8.25. The molecule has 0 aliphatic heterocycles. The molecule has 0 saturated carbocycles. The quantitative estimate of drug-likeness (QED) is 0.630. The molecule has 1 aromatic carbocycles. The van der Waals surface area contributed by atoms with Gasteiger partial charge in [-0.3, -0.25) is 0 Å². The first-order valence-corrected chi connectivity index (χ1v) is 7.05. The highest BCUT2D eigenvalue weighted by atomic mass is 14.3. The molecular formula is C18H28. The number of hydrogen-bond acceptors (Lipinski definition) is 0. The summed E-state index contributed by atoms with van der Waals surface area (Å²) in [5.74, 6) is 1.19. The van der Waals surface area contributed by atoms with Crippen LogP contribution in [0.4, 0.5) is 0 Å². The van der Waals surface area contributed by atoms with Gasteiger partial charge in [0.15, 0.2) is 0 Å². The van der Waals surface area contributed by atoms with E-state index >= 15 is 0 Å². The van der Waals surface area contributed by atoms with Crippen molar-refractivity contribution in [1.82, 2.24) is 0 Å². The van der Waals surface area contributed by atoms with Crippen molar-refractivity contribution < 1.29 is 0 Å². The van der Waals surface area contributed by atoms with Crippen molar-refractivity contribution in [3.63, 3.8) is 0 Å². The van der Waals surface area contributed by atoms with E-state index in [1.165, 1.54) is 11.1 Å². The Morgan fingerprint density at radius 1 is 0.833 bits per heavy atom. The second-order valence-electron chi connectivity index (χ2n) is 6.76. The first-order valence-electron chi connectivity index (χ1n) is 7.05. The largest absolute Gasteiger partial charge is 0.0622 e. The second-order valence-corrected chi connectivity index (χ2v) is 6.76. The minimum atomic E-state index is 0.186. The van der Waals surface area contributed by atoms with E-state index in [9.17, 15) is 0 Å². The molecule has 0 bridgehead atoms. The molecule has 1 aromatic rings. The monoisotopic (exact) mass is 244 g/mol. The lowest BCUT2D eigenvalue weighted by molar-refractivity contribution is 0.535. The van der Waals surface area contributed by atoms with Crippen molar-refractivity contribution in [1.29, 1.82) is 0 Å². The van der Waals surface area contributed by atoms with Gasteiger partial charge in [0.1, 0.15) is 0 Å². The molecule has 0 amide bonds. The average molecular weight is 244 g/mol. The molecule has 0 N–H and O–H groups in total. The molecule has 0 spiro atoms. The molecule has 0 heteroatoms. The molecule has 0 nitrogen and oxygen atoms in total. The van der Waals surface area contributed by atoms with Crippen LogP contribution in [0, 0.1) is 17.3 Å². The third-order valence-electron chi connectivity index (χ3n) is 3.35. The van der Waals surface area contributed by atoms with Gasteiger partial charge in [-0.25, -0.2) is 0 Å². The van der Waals surface area contributed by atoms with Crippen LogP contribution in [0.1, 0.15) is 54.0 Å². The molecule has 0 saturated heterocycles. The Balaban J connectivity index is 3.52. The fourth-order valence-electron chi connectivity index (χ4n) is 2.88. The summed E-state index contributed by atoms with van der Waals surface area (Å²) in [5, 5.41) is 0. The lowest BCUT2D eigenvalue weighted by Gasteiger charge is -2.31. The van der Waals surface area contributed by atoms with Crippen LogP contribution in [0.25, 0.3) is 5.57 Å². The van der Waals surface area contributed by atoms with Crippen LogP contribution in [0.2, 0.25) is 0 Å². The summed E-state index contributed by atoms with van der Waals surface area (Å²) in [4.78, 5) is 0. The molecule has 0 radical (unpaired) electrons. The van der Waals surface area contributed by atoms with E-state index in [4.69, 9.17) is 0 Å². The lowest BCUT2D eigenvalue weighted by Crippen LogP contribution is -2.16. The molecule has 0 heterocycles. The predicted molar refractivity (Wildman–Crippen MR) is 82.5 cm³/mol. The summed E-state index contributed by atoms with van der Waals surface area (Å²) < 4.78 is 0. The van der Waals surface area contributed by atoms with Crippen molar-refractivity contribution in [2.24, 2.45) is 17.3 Å². The molecule has 0 aromatic heterocycles. The molecule has 18 heavy (non-hydrogen) atoms. The average Bonchev–Trinajstić information content (AvgIpc) is 2.24. The van der Waals surface area contributed by atoms with Crippen LogP contribution in [-0.2, 0) is 0 Å². The van der Waals surface area contributed by atoms with E-state index in [0.717, 1.165) is 0 Å². The van der Waals surface area contributed by atoms with E-state index in [1.54, 1.807) is 5.57 Å². The normalized spacial score (nSPS) is 12.1. The summed E-state index contributed by atoms with van der Waals surface area (Å²) in [7, 11) is 0. The molecule has 1 rings (SSSR count). The van der Waals surface area contributed by atoms with Crippen molar-refractivity contribution in [3.05, 3.63) is 41.5 Å². The molecule has 0 atom stereocenters. The Morgan fingerprint density at radius 2 is 1.28 bits per heavy atom. The van der Waals surface area contributed by atoms with Gasteiger partial charge in [-0.1, -0.05) is 84.4 Å². The highest BCUT2D eigenvalue weighted by Gasteiger charge is 2.25. The first kappa shape index (κ1) is 15.0. The van der Waals surface area contributed by atoms with E-state index in [0.29, 0.717) is 11.8 Å². The smallest absolute Gasteiger partial charge is 0.0126 e. The number of rotatable bonds is 3. The zero-order valence-corrected chi connectivity index (χ0v) is 13.0. The summed E-state index contributed by atoms with van der Waals surface area (Å²) in [5.41, 5.74) is 4.68. The van der Waals surface area contributed by atoms with E-state index in [1.807, 2.05) is 0 Å². The molecular weight excluding hydrogens is 216 g/mol. The highest BCUT2D eigenvalue weighted by Crippen LogP contribution is 2.41. The van der Waals surface area contributed by atoms with Gasteiger partial charge in [0.05, 0.1) is 0 Å². The molecule has 0 fully saturated rings. The number of hydrogen-bond donors (Lipinski definition) is 0. The van der Waals surface area contributed by atoms with E-state index < -0.39 is 0 Å². The second kappa shape index (κ2) is 5.73. The minimum absolute atomic E-state index is 0.186. The fraction of sp³-hybridized carbons (Fsp3) is 0.556. The van der Waals surface area contributed by atoms with Crippen molar-refractivity contribution in [3.8, 4) is 0 Å². The summed E-state index contributed by atoms with van der Waals surface area (Å²) in [6.45, 7) is 16.2. The third kappa shape index (κ3) is 3.48. The van der Waals surface area contributed by atoms with Crippen LogP contribution in [0.3, 0.4) is 0 Å². The molecule has 0 aliphatic carbocycles. The van der Waals surface area contributed by atoms with Gasteiger partial charge in [-0.2, -0.15) is 0 Å². The van der Waals surface area contributed by atoms with Gasteiger partial charge >= 0.3 is 0 Å². The van der Waals surface area contributed by atoms with E-state index in [-0.39, 0.29) is 5.41 Å². The predicted octanol–water partition coefficient (Wildman–Crippen LogP) is 5.80. The SMILES string of the molecule is CC(C)C(=C(c1ccccc1)C(C)(C)C)C(C)C. The third-order valence-corrected chi connectivity index (χ3v) is 3.35. The number of allylic oxidation sites excluding steroid dienone is 2. The van der Waals surface area contributed by atoms with Gasteiger partial charge in [0, 0.05) is 0 Å². The standard InChI is InChI=1S/C18H28/c1-13(2)16(14(3)4)17(18(5,6)7)15-11-9-8-10-12-15/h8-14H,1-7H3. The maximum absolute atomic E-state index is 2.32. The number of benzene rings is 1. The Bertz CT molecular complexity index is 389. The molecule has 0 unspecified atom stereocenters.